The molecule has 2 aliphatic rings. The molecule has 4 aromatic rings. The fraction of sp³-hybridized carbons (Fsp3) is 0.429. The molecule has 2 aromatic heterocycles. The fourth-order valence-electron chi connectivity index (χ4n) is 7.83. The number of nitrogens with one attached hydrogen (secondary N) is 2. The topological polar surface area (TPSA) is 161 Å². The minimum atomic E-state index is -0.783. The summed E-state index contributed by atoms with van der Waals surface area (Å²) in [6, 6.07) is 15.4. The molecule has 2 aromatic carbocycles. The zero-order valence-corrected chi connectivity index (χ0v) is 33.5. The van der Waals surface area contributed by atoms with Gasteiger partial charge in [-0.3, -0.25) is 9.59 Å². The van der Waals surface area contributed by atoms with E-state index in [2.05, 4.69) is 46.6 Å². The summed E-state index contributed by atoms with van der Waals surface area (Å²) in [6.45, 7) is 5.28. The minimum absolute atomic E-state index is 0.121. The van der Waals surface area contributed by atoms with Crippen molar-refractivity contribution in [3.63, 3.8) is 0 Å². The van der Waals surface area contributed by atoms with Crippen molar-refractivity contribution in [3.05, 3.63) is 92.0 Å². The van der Waals surface area contributed by atoms with Crippen molar-refractivity contribution in [2.45, 2.75) is 90.8 Å². The summed E-state index contributed by atoms with van der Waals surface area (Å²) >= 11 is 13.3. The van der Waals surface area contributed by atoms with E-state index in [9.17, 15) is 19.8 Å². The molecule has 4 N–H and O–H groups in total. The van der Waals surface area contributed by atoms with Gasteiger partial charge in [-0.2, -0.15) is 9.97 Å². The van der Waals surface area contributed by atoms with Crippen LogP contribution in [0.2, 0.25) is 10.0 Å². The lowest BCUT2D eigenvalue weighted by Gasteiger charge is -2.19. The van der Waals surface area contributed by atoms with Crippen LogP contribution in [0, 0.1) is 25.7 Å². The molecule has 2 saturated carbocycles. The quantitative estimate of drug-likeness (QED) is 0.0817. The summed E-state index contributed by atoms with van der Waals surface area (Å²) in [5, 5.41) is 26.4. The first-order valence-electron chi connectivity index (χ1n) is 18.8. The van der Waals surface area contributed by atoms with Crippen molar-refractivity contribution >= 4 is 35.1 Å². The third kappa shape index (κ3) is 9.32. The second kappa shape index (κ2) is 18.5. The number of methoxy groups -OCH3 is 2. The first kappa shape index (κ1) is 41.0. The van der Waals surface area contributed by atoms with E-state index in [1.54, 1.807) is 12.1 Å². The molecule has 0 bridgehead atoms. The van der Waals surface area contributed by atoms with Crippen LogP contribution in [0.15, 0.2) is 48.5 Å². The van der Waals surface area contributed by atoms with Gasteiger partial charge in [-0.25, -0.2) is 0 Å². The van der Waals surface area contributed by atoms with Gasteiger partial charge in [-0.1, -0.05) is 72.4 Å². The summed E-state index contributed by atoms with van der Waals surface area (Å²) in [5.74, 6) is -1.19. The molecule has 0 spiro atoms. The van der Waals surface area contributed by atoms with Crippen LogP contribution >= 0.6 is 23.2 Å². The Morgan fingerprint density at radius 3 is 1.45 bits per heavy atom. The standard InChI is InChI=1S/C42H48Cl2N4O8/c1-23-25(21-55-39-33(43)17-27(37(47-39)53-3)19-45-35-15-7-13-31(35)41(49)50)9-5-11-29(23)30-12-6-10-26(24(30)2)22-56-40-34(44)18-28(38(48-40)54-4)20-46-36-16-8-14-32(36)42(51)52/h5-6,9-12,17-18,31-32,35-36,45-46H,7-8,13-16,19-22H2,1-4H3,(H,49,50)(H,51,52). The molecule has 6 rings (SSSR count). The van der Waals surface area contributed by atoms with Crippen LogP contribution in [0.25, 0.3) is 11.1 Å². The molecule has 14 heteroatoms. The zero-order valence-electron chi connectivity index (χ0n) is 32.0. The van der Waals surface area contributed by atoms with Crippen LogP contribution in [0.1, 0.15) is 71.9 Å². The van der Waals surface area contributed by atoms with E-state index in [1.165, 1.54) is 14.2 Å². The molecule has 0 saturated heterocycles. The van der Waals surface area contributed by atoms with Crippen LogP contribution in [0.3, 0.4) is 0 Å². The number of carbonyl (C=O) groups is 2. The van der Waals surface area contributed by atoms with Crippen molar-refractivity contribution in [1.29, 1.82) is 0 Å². The molecule has 56 heavy (non-hydrogen) atoms. The van der Waals surface area contributed by atoms with Crippen LogP contribution in [0.4, 0.5) is 0 Å². The van der Waals surface area contributed by atoms with E-state index < -0.39 is 23.8 Å². The van der Waals surface area contributed by atoms with Crippen LogP contribution in [-0.4, -0.2) is 58.4 Å². The number of halogens is 2. The number of carboxylic acid groups (broad SMARTS) is 2. The van der Waals surface area contributed by atoms with Gasteiger partial charge < -0.3 is 39.8 Å². The lowest BCUT2D eigenvalue weighted by atomic mass is 9.92. The molecule has 0 aliphatic heterocycles. The maximum Gasteiger partial charge on any atom is 0.308 e. The molecule has 2 aliphatic carbocycles. The molecular formula is C42H48Cl2N4O8. The molecular weight excluding hydrogens is 759 g/mol. The highest BCUT2D eigenvalue weighted by Gasteiger charge is 2.34. The highest BCUT2D eigenvalue weighted by Crippen LogP contribution is 2.35. The Morgan fingerprint density at radius 2 is 1.07 bits per heavy atom. The Kier molecular flexibility index (Phi) is 13.6. The summed E-state index contributed by atoms with van der Waals surface area (Å²) in [5.41, 5.74) is 7.50. The van der Waals surface area contributed by atoms with Crippen molar-refractivity contribution < 1.29 is 38.7 Å². The molecule has 2 fully saturated rings. The largest absolute Gasteiger partial charge is 0.481 e. The van der Waals surface area contributed by atoms with E-state index in [0.717, 1.165) is 70.2 Å². The Bertz CT molecular complexity index is 1920. The summed E-state index contributed by atoms with van der Waals surface area (Å²) in [4.78, 5) is 32.3. The smallest absolute Gasteiger partial charge is 0.308 e. The molecule has 4 unspecified atom stereocenters. The number of benzene rings is 2. The van der Waals surface area contributed by atoms with Gasteiger partial charge in [0.05, 0.1) is 26.1 Å². The Hall–Kier alpha value is -4.62. The van der Waals surface area contributed by atoms with Gasteiger partial charge in [0.15, 0.2) is 0 Å². The monoisotopic (exact) mass is 806 g/mol. The maximum atomic E-state index is 11.6. The average Bonchev–Trinajstić information content (AvgIpc) is 3.87. The highest BCUT2D eigenvalue weighted by atomic mass is 35.5. The lowest BCUT2D eigenvalue weighted by molar-refractivity contribution is -0.143. The van der Waals surface area contributed by atoms with Gasteiger partial charge >= 0.3 is 11.9 Å². The van der Waals surface area contributed by atoms with Gasteiger partial charge in [-0.15, -0.1) is 0 Å². The first-order valence-corrected chi connectivity index (χ1v) is 19.6. The highest BCUT2D eigenvalue weighted by molar-refractivity contribution is 6.32. The van der Waals surface area contributed by atoms with Crippen LogP contribution in [0.5, 0.6) is 23.5 Å². The number of ether oxygens (including phenoxy) is 4. The predicted octanol–water partition coefficient (Wildman–Crippen LogP) is 7.93. The Morgan fingerprint density at radius 1 is 0.661 bits per heavy atom. The zero-order chi connectivity index (χ0) is 39.9. The predicted molar refractivity (Wildman–Crippen MR) is 213 cm³/mol. The number of pyridine rings is 2. The molecule has 0 amide bonds. The van der Waals surface area contributed by atoms with Gasteiger partial charge in [0.25, 0.3) is 0 Å². The number of nitrogens with zero attached hydrogens (tertiary/aromatic N) is 2. The minimum Gasteiger partial charge on any atom is -0.481 e. The number of hydrogen-bond donors (Lipinski definition) is 4. The van der Waals surface area contributed by atoms with E-state index in [0.29, 0.717) is 47.7 Å². The van der Waals surface area contributed by atoms with Gasteiger partial charge in [-0.05, 0) is 85.0 Å². The summed E-state index contributed by atoms with van der Waals surface area (Å²) in [7, 11) is 3.06. The van der Waals surface area contributed by atoms with Crippen LogP contribution < -0.4 is 29.6 Å². The third-order valence-corrected chi connectivity index (χ3v) is 11.6. The maximum absolute atomic E-state index is 11.6. The van der Waals surface area contributed by atoms with Gasteiger partial charge in [0.2, 0.25) is 23.5 Å². The second-order valence-electron chi connectivity index (χ2n) is 14.4. The van der Waals surface area contributed by atoms with E-state index in [1.807, 2.05) is 24.3 Å². The number of aromatic nitrogens is 2. The van der Waals surface area contributed by atoms with Crippen molar-refractivity contribution in [1.82, 2.24) is 20.6 Å². The average molecular weight is 808 g/mol. The number of hydrogen-bond acceptors (Lipinski definition) is 10. The number of aliphatic carboxylic acids is 2. The summed E-state index contributed by atoms with van der Waals surface area (Å²) < 4.78 is 23.4. The normalized spacial score (nSPS) is 19.2. The molecule has 0 radical (unpaired) electrons. The van der Waals surface area contributed by atoms with Crippen molar-refractivity contribution in [2.24, 2.45) is 11.8 Å². The second-order valence-corrected chi connectivity index (χ2v) is 15.2. The lowest BCUT2D eigenvalue weighted by Crippen LogP contribution is -2.35. The molecule has 12 nitrogen and oxygen atoms in total. The fourth-order valence-corrected chi connectivity index (χ4v) is 8.29. The van der Waals surface area contributed by atoms with E-state index >= 15 is 0 Å². The van der Waals surface area contributed by atoms with Crippen LogP contribution in [-0.2, 0) is 35.9 Å². The SMILES string of the molecule is COc1nc(OCc2cccc(-c3cccc(COc4nc(OC)c(CNC5CCCC5C(=O)O)cc4Cl)c3C)c2C)c(Cl)cc1CNC1CCCC1C(=O)O. The third-order valence-electron chi connectivity index (χ3n) is 11.0. The Labute approximate surface area is 336 Å². The van der Waals surface area contributed by atoms with Gasteiger partial charge in [0.1, 0.15) is 23.3 Å². The Balaban J connectivity index is 1.11. The van der Waals surface area contributed by atoms with E-state index in [4.69, 9.17) is 42.1 Å². The number of carboxylic acids is 2. The first-order chi connectivity index (χ1) is 27.0. The molecule has 298 valence electrons. The van der Waals surface area contributed by atoms with Crippen molar-refractivity contribution in [3.8, 4) is 34.6 Å². The molecule has 4 atom stereocenters. The molecule has 2 heterocycles. The van der Waals surface area contributed by atoms with Gasteiger partial charge in [0, 0.05) is 36.3 Å². The summed E-state index contributed by atoms with van der Waals surface area (Å²) in [6.07, 6.45) is 4.66. The van der Waals surface area contributed by atoms with E-state index in [-0.39, 0.29) is 37.1 Å². The number of rotatable bonds is 17. The van der Waals surface area contributed by atoms with Crippen molar-refractivity contribution in [2.75, 3.05) is 14.2 Å².